The Morgan fingerprint density at radius 2 is 2.08 bits per heavy atom. The zero-order valence-electron chi connectivity index (χ0n) is 6.29. The Morgan fingerprint density at radius 1 is 1.50 bits per heavy atom. The van der Waals surface area contributed by atoms with E-state index in [-0.39, 0.29) is 6.61 Å². The van der Waals surface area contributed by atoms with E-state index in [1.165, 1.54) is 0 Å². The lowest BCUT2D eigenvalue weighted by Gasteiger charge is -2.10. The van der Waals surface area contributed by atoms with E-state index >= 15 is 0 Å². The molecule has 0 radical (unpaired) electrons. The summed E-state index contributed by atoms with van der Waals surface area (Å²) in [6.07, 6.45) is 0.0383. The minimum atomic E-state index is -4.49. The van der Waals surface area contributed by atoms with Gasteiger partial charge in [-0.05, 0) is 0 Å². The number of ether oxygens (including phenoxy) is 1. The number of aliphatic hydroxyl groups is 1. The van der Waals surface area contributed by atoms with Crippen LogP contribution in [0, 0.1) is 0 Å². The summed E-state index contributed by atoms with van der Waals surface area (Å²) in [6.45, 7) is 2.63. The van der Waals surface area contributed by atoms with Crippen molar-refractivity contribution >= 4 is 7.82 Å². The molecule has 6 nitrogen and oxygen atoms in total. The highest BCUT2D eigenvalue weighted by Crippen LogP contribution is 2.35. The summed E-state index contributed by atoms with van der Waals surface area (Å²) in [5.41, 5.74) is 0. The molecule has 0 spiro atoms. The van der Waals surface area contributed by atoms with Gasteiger partial charge in [-0.15, -0.1) is 0 Å². The molecule has 72 valence electrons. The van der Waals surface area contributed by atoms with Gasteiger partial charge in [0, 0.05) is 0 Å². The first-order valence-corrected chi connectivity index (χ1v) is 4.59. The second-order valence-electron chi connectivity index (χ2n) is 1.94. The van der Waals surface area contributed by atoms with Crippen LogP contribution in [0.4, 0.5) is 0 Å². The third kappa shape index (κ3) is 7.71. The highest BCUT2D eigenvalue weighted by molar-refractivity contribution is 7.46. The van der Waals surface area contributed by atoms with E-state index in [0.717, 1.165) is 6.26 Å². The predicted octanol–water partition coefficient (Wildman–Crippen LogP) is -0.383. The maximum atomic E-state index is 10.1. The summed E-state index contributed by atoms with van der Waals surface area (Å²) >= 11 is 0. The smallest absolute Gasteiger partial charge is 0.469 e. The Bertz CT molecular complexity index is 175. The quantitative estimate of drug-likeness (QED) is 0.397. The second kappa shape index (κ2) is 5.29. The molecule has 0 aromatic carbocycles. The van der Waals surface area contributed by atoms with E-state index < -0.39 is 20.5 Å². The van der Waals surface area contributed by atoms with Crippen LogP contribution in [0.25, 0.3) is 0 Å². The molecule has 0 rings (SSSR count). The summed E-state index contributed by atoms with van der Waals surface area (Å²) in [6, 6.07) is 0. The van der Waals surface area contributed by atoms with Crippen LogP contribution in [0.15, 0.2) is 12.8 Å². The summed E-state index contributed by atoms with van der Waals surface area (Å²) in [7, 11) is -4.49. The highest BCUT2D eigenvalue weighted by atomic mass is 31.2. The van der Waals surface area contributed by atoms with Gasteiger partial charge in [-0.1, -0.05) is 6.58 Å². The standard InChI is InChI=1S/C5H11O6P/c1-2-10-3-5(6)4-11-12(7,8)9/h2,5-6H,1,3-4H2,(H2,7,8,9). The second-order valence-corrected chi connectivity index (χ2v) is 3.18. The Kier molecular flexibility index (Phi) is 5.12. The zero-order valence-corrected chi connectivity index (χ0v) is 7.18. The molecule has 7 heteroatoms. The Hall–Kier alpha value is -0.390. The minimum Gasteiger partial charge on any atom is -0.499 e. The first-order chi connectivity index (χ1) is 5.45. The fraction of sp³-hybridized carbons (Fsp3) is 0.600. The molecule has 0 saturated carbocycles. The Labute approximate surface area is 69.7 Å². The lowest BCUT2D eigenvalue weighted by molar-refractivity contribution is 0.0361. The Balaban J connectivity index is 3.50. The van der Waals surface area contributed by atoms with Gasteiger partial charge in [0.25, 0.3) is 0 Å². The Morgan fingerprint density at radius 3 is 2.50 bits per heavy atom. The van der Waals surface area contributed by atoms with E-state index in [1.54, 1.807) is 0 Å². The van der Waals surface area contributed by atoms with E-state index in [0.29, 0.717) is 0 Å². The van der Waals surface area contributed by atoms with Gasteiger partial charge in [-0.3, -0.25) is 4.52 Å². The molecule has 3 N–H and O–H groups in total. The summed E-state index contributed by atoms with van der Waals surface area (Å²) in [5, 5.41) is 8.90. The van der Waals surface area contributed by atoms with Crippen molar-refractivity contribution in [2.75, 3.05) is 13.2 Å². The van der Waals surface area contributed by atoms with Gasteiger partial charge in [-0.2, -0.15) is 0 Å². The minimum absolute atomic E-state index is 0.108. The largest absolute Gasteiger partial charge is 0.499 e. The van der Waals surface area contributed by atoms with Crippen LogP contribution < -0.4 is 0 Å². The average Bonchev–Trinajstić information content (AvgIpc) is 1.95. The lowest BCUT2D eigenvalue weighted by atomic mass is 10.4. The van der Waals surface area contributed by atoms with Crippen molar-refractivity contribution in [2.24, 2.45) is 0 Å². The van der Waals surface area contributed by atoms with Crippen molar-refractivity contribution in [3.63, 3.8) is 0 Å². The monoisotopic (exact) mass is 198 g/mol. The first-order valence-electron chi connectivity index (χ1n) is 3.06. The van der Waals surface area contributed by atoms with Gasteiger partial charge in [0.2, 0.25) is 0 Å². The molecule has 1 unspecified atom stereocenters. The van der Waals surface area contributed by atoms with E-state index in [4.69, 9.17) is 14.9 Å². The third-order valence-electron chi connectivity index (χ3n) is 0.842. The maximum Gasteiger partial charge on any atom is 0.469 e. The van der Waals surface area contributed by atoms with E-state index in [9.17, 15) is 4.57 Å². The molecular weight excluding hydrogens is 187 g/mol. The van der Waals surface area contributed by atoms with Gasteiger partial charge in [0.1, 0.15) is 12.7 Å². The van der Waals surface area contributed by atoms with Crippen molar-refractivity contribution in [1.82, 2.24) is 0 Å². The van der Waals surface area contributed by atoms with Crippen LogP contribution in [0.2, 0.25) is 0 Å². The summed E-state index contributed by atoms with van der Waals surface area (Å²) in [5.74, 6) is 0. The lowest BCUT2D eigenvalue weighted by Crippen LogP contribution is -2.19. The van der Waals surface area contributed by atoms with Gasteiger partial charge in [0.05, 0.1) is 12.9 Å². The van der Waals surface area contributed by atoms with Gasteiger partial charge in [0.15, 0.2) is 0 Å². The molecule has 0 aliphatic carbocycles. The molecule has 0 aromatic heterocycles. The number of hydrogen-bond donors (Lipinski definition) is 3. The van der Waals surface area contributed by atoms with Crippen molar-refractivity contribution in [1.29, 1.82) is 0 Å². The number of phosphoric acid groups is 1. The number of rotatable bonds is 6. The van der Waals surface area contributed by atoms with Crippen LogP contribution in [0.3, 0.4) is 0 Å². The van der Waals surface area contributed by atoms with Gasteiger partial charge in [-0.25, -0.2) is 4.57 Å². The van der Waals surface area contributed by atoms with Crippen molar-refractivity contribution in [3.8, 4) is 0 Å². The summed E-state index contributed by atoms with van der Waals surface area (Å²) in [4.78, 5) is 16.4. The van der Waals surface area contributed by atoms with E-state index in [2.05, 4.69) is 15.8 Å². The van der Waals surface area contributed by atoms with Crippen molar-refractivity contribution in [3.05, 3.63) is 12.8 Å². The maximum absolute atomic E-state index is 10.1. The van der Waals surface area contributed by atoms with Crippen LogP contribution in [-0.4, -0.2) is 34.2 Å². The van der Waals surface area contributed by atoms with Crippen LogP contribution in [0.1, 0.15) is 0 Å². The van der Waals surface area contributed by atoms with Gasteiger partial charge >= 0.3 is 7.82 Å². The molecule has 1 atom stereocenters. The van der Waals surface area contributed by atoms with Crippen LogP contribution >= 0.6 is 7.82 Å². The molecule has 0 aromatic rings. The molecule has 0 aliphatic rings. The summed E-state index contributed by atoms with van der Waals surface area (Å²) < 4.78 is 18.6. The SMILES string of the molecule is C=COCC(O)COP(=O)(O)O. The van der Waals surface area contributed by atoms with E-state index in [1.807, 2.05) is 0 Å². The molecule has 0 amide bonds. The normalized spacial score (nSPS) is 13.9. The van der Waals surface area contributed by atoms with Crippen LogP contribution in [-0.2, 0) is 13.8 Å². The van der Waals surface area contributed by atoms with Gasteiger partial charge < -0.3 is 19.6 Å². The molecule has 0 fully saturated rings. The average molecular weight is 198 g/mol. The first kappa shape index (κ1) is 11.6. The topological polar surface area (TPSA) is 96.2 Å². The number of phosphoric ester groups is 1. The fourth-order valence-corrected chi connectivity index (χ4v) is 0.777. The third-order valence-corrected chi connectivity index (χ3v) is 1.33. The molecule has 0 saturated heterocycles. The molecule has 0 aliphatic heterocycles. The molecule has 0 heterocycles. The number of aliphatic hydroxyl groups excluding tert-OH is 1. The predicted molar refractivity (Wildman–Crippen MR) is 40.2 cm³/mol. The van der Waals surface area contributed by atoms with Crippen molar-refractivity contribution in [2.45, 2.75) is 6.10 Å². The fourth-order valence-electron chi connectivity index (χ4n) is 0.410. The highest BCUT2D eigenvalue weighted by Gasteiger charge is 2.16. The molecule has 0 bridgehead atoms. The van der Waals surface area contributed by atoms with Crippen LogP contribution in [0.5, 0.6) is 0 Å². The molecule has 12 heavy (non-hydrogen) atoms. The number of hydrogen-bond acceptors (Lipinski definition) is 4. The van der Waals surface area contributed by atoms with Crippen molar-refractivity contribution < 1.29 is 28.7 Å². The zero-order chi connectivity index (χ0) is 9.61. The molecular formula is C5H11O6P.